The third-order valence-corrected chi connectivity index (χ3v) is 2.91. The van der Waals surface area contributed by atoms with Gasteiger partial charge < -0.3 is 0 Å². The van der Waals surface area contributed by atoms with Crippen molar-refractivity contribution in [2.75, 3.05) is 7.05 Å². The van der Waals surface area contributed by atoms with Crippen molar-refractivity contribution in [2.45, 2.75) is 37.8 Å². The lowest BCUT2D eigenvalue weighted by Gasteiger charge is -2.29. The standard InChI is InChI=1S/C8H13NO/c1-9-6-2-3-7(9)5-8(10)4-6/h6-7H,2-5H2,1H3/t6-,7-/m0/s1. The van der Waals surface area contributed by atoms with E-state index in [-0.39, 0.29) is 0 Å². The molecule has 0 unspecified atom stereocenters. The minimum absolute atomic E-state index is 0.477. The van der Waals surface area contributed by atoms with Crippen LogP contribution in [-0.2, 0) is 4.79 Å². The molecule has 0 aromatic carbocycles. The summed E-state index contributed by atoms with van der Waals surface area (Å²) >= 11 is 0. The second-order valence-corrected chi connectivity index (χ2v) is 3.50. The summed E-state index contributed by atoms with van der Waals surface area (Å²) in [5.74, 6) is 0.477. The van der Waals surface area contributed by atoms with Gasteiger partial charge in [0.15, 0.2) is 0 Å². The number of fused-ring (bicyclic) bond motifs is 2. The maximum atomic E-state index is 11.0. The molecule has 2 fully saturated rings. The van der Waals surface area contributed by atoms with Gasteiger partial charge in [-0.1, -0.05) is 0 Å². The number of hydrogen-bond donors (Lipinski definition) is 0. The predicted molar refractivity (Wildman–Crippen MR) is 38.8 cm³/mol. The van der Waals surface area contributed by atoms with Crippen molar-refractivity contribution in [3.8, 4) is 0 Å². The molecule has 2 aliphatic rings. The highest BCUT2D eigenvalue weighted by atomic mass is 16.1. The molecule has 2 atom stereocenters. The maximum Gasteiger partial charge on any atom is 0.136 e. The fraction of sp³-hybridized carbons (Fsp3) is 0.875. The summed E-state index contributed by atoms with van der Waals surface area (Å²) in [6.07, 6.45) is 4.11. The summed E-state index contributed by atoms with van der Waals surface area (Å²) in [4.78, 5) is 13.4. The third-order valence-electron chi connectivity index (χ3n) is 2.91. The van der Waals surface area contributed by atoms with Gasteiger partial charge in [0.25, 0.3) is 0 Å². The van der Waals surface area contributed by atoms with Crippen molar-refractivity contribution in [3.63, 3.8) is 0 Å². The average Bonchev–Trinajstić information content (AvgIpc) is 2.20. The van der Waals surface area contributed by atoms with Crippen LogP contribution in [0.4, 0.5) is 0 Å². The van der Waals surface area contributed by atoms with E-state index in [2.05, 4.69) is 11.9 Å². The summed E-state index contributed by atoms with van der Waals surface area (Å²) < 4.78 is 0. The van der Waals surface area contributed by atoms with Crippen molar-refractivity contribution < 1.29 is 4.79 Å². The highest BCUT2D eigenvalue weighted by molar-refractivity contribution is 5.80. The molecule has 2 rings (SSSR count). The van der Waals surface area contributed by atoms with Gasteiger partial charge in [0.05, 0.1) is 0 Å². The molecule has 0 spiro atoms. The molecule has 0 saturated carbocycles. The monoisotopic (exact) mass is 139 g/mol. The first-order valence-electron chi connectivity index (χ1n) is 4.01. The lowest BCUT2D eigenvalue weighted by Crippen LogP contribution is -2.39. The molecule has 0 N–H and O–H groups in total. The minimum atomic E-state index is 0.477. The highest BCUT2D eigenvalue weighted by Crippen LogP contribution is 2.31. The van der Waals surface area contributed by atoms with Gasteiger partial charge in [-0.15, -0.1) is 0 Å². The molecule has 0 aromatic rings. The van der Waals surface area contributed by atoms with Gasteiger partial charge in [-0.25, -0.2) is 0 Å². The molecule has 2 aliphatic heterocycles. The molecule has 2 heterocycles. The molecule has 2 nitrogen and oxygen atoms in total. The molecule has 0 amide bonds. The first-order chi connectivity index (χ1) is 4.77. The molecule has 0 aliphatic carbocycles. The zero-order chi connectivity index (χ0) is 7.14. The molecule has 0 aromatic heterocycles. The highest BCUT2D eigenvalue weighted by Gasteiger charge is 2.37. The Kier molecular flexibility index (Phi) is 1.31. The van der Waals surface area contributed by atoms with Crippen molar-refractivity contribution >= 4 is 5.78 Å². The van der Waals surface area contributed by atoms with Crippen LogP contribution in [0.1, 0.15) is 25.7 Å². The second-order valence-electron chi connectivity index (χ2n) is 3.50. The van der Waals surface area contributed by atoms with E-state index in [4.69, 9.17) is 0 Å². The smallest absolute Gasteiger partial charge is 0.136 e. The summed E-state index contributed by atoms with van der Waals surface area (Å²) in [6, 6.07) is 1.18. The van der Waals surface area contributed by atoms with E-state index >= 15 is 0 Å². The Morgan fingerprint density at radius 3 is 2.30 bits per heavy atom. The fourth-order valence-electron chi connectivity index (χ4n) is 2.19. The fourth-order valence-corrected chi connectivity index (χ4v) is 2.19. The van der Waals surface area contributed by atoms with Gasteiger partial charge in [-0.05, 0) is 19.9 Å². The van der Waals surface area contributed by atoms with Gasteiger partial charge >= 0.3 is 0 Å². The Morgan fingerprint density at radius 1 is 1.30 bits per heavy atom. The molecular formula is C8H13NO. The number of carbonyl (C=O) groups is 1. The van der Waals surface area contributed by atoms with Crippen LogP contribution in [0.15, 0.2) is 0 Å². The van der Waals surface area contributed by atoms with Crippen molar-refractivity contribution in [2.24, 2.45) is 0 Å². The van der Waals surface area contributed by atoms with Gasteiger partial charge in [0, 0.05) is 24.9 Å². The van der Waals surface area contributed by atoms with Crippen LogP contribution in [-0.4, -0.2) is 29.8 Å². The lowest BCUT2D eigenvalue weighted by atomic mass is 10.0. The quantitative estimate of drug-likeness (QED) is 0.495. The Morgan fingerprint density at radius 2 is 1.80 bits per heavy atom. The molecule has 10 heavy (non-hydrogen) atoms. The Labute approximate surface area is 61.2 Å². The second kappa shape index (κ2) is 2.06. The van der Waals surface area contributed by atoms with Crippen LogP contribution in [0.5, 0.6) is 0 Å². The number of rotatable bonds is 0. The van der Waals surface area contributed by atoms with Crippen LogP contribution in [0.25, 0.3) is 0 Å². The molecule has 2 bridgehead atoms. The van der Waals surface area contributed by atoms with E-state index in [0.29, 0.717) is 17.9 Å². The Bertz CT molecular complexity index is 151. The largest absolute Gasteiger partial charge is 0.300 e. The maximum absolute atomic E-state index is 11.0. The topological polar surface area (TPSA) is 20.3 Å². The van der Waals surface area contributed by atoms with Crippen molar-refractivity contribution in [1.82, 2.24) is 4.90 Å². The van der Waals surface area contributed by atoms with Gasteiger partial charge in [0.1, 0.15) is 5.78 Å². The number of hydrogen-bond acceptors (Lipinski definition) is 2. The first-order valence-corrected chi connectivity index (χ1v) is 4.01. The third kappa shape index (κ3) is 0.788. The van der Waals surface area contributed by atoms with Crippen molar-refractivity contribution in [3.05, 3.63) is 0 Å². The lowest BCUT2D eigenvalue weighted by molar-refractivity contribution is -0.123. The van der Waals surface area contributed by atoms with Crippen LogP contribution in [0.3, 0.4) is 0 Å². The number of piperidine rings is 1. The first kappa shape index (κ1) is 6.35. The normalized spacial score (nSPS) is 40.7. The zero-order valence-corrected chi connectivity index (χ0v) is 6.34. The predicted octanol–water partition coefficient (Wildman–Crippen LogP) is 0.812. The minimum Gasteiger partial charge on any atom is -0.300 e. The summed E-state index contributed by atoms with van der Waals surface area (Å²) in [6.45, 7) is 0. The van der Waals surface area contributed by atoms with E-state index in [1.54, 1.807) is 0 Å². The number of carbonyl (C=O) groups excluding carboxylic acids is 1. The van der Waals surface area contributed by atoms with Gasteiger partial charge in [0.2, 0.25) is 0 Å². The van der Waals surface area contributed by atoms with E-state index in [0.717, 1.165) is 12.8 Å². The molecular weight excluding hydrogens is 126 g/mol. The van der Waals surface area contributed by atoms with E-state index in [9.17, 15) is 4.79 Å². The molecule has 56 valence electrons. The van der Waals surface area contributed by atoms with Crippen LogP contribution < -0.4 is 0 Å². The van der Waals surface area contributed by atoms with Gasteiger partial charge in [-0.2, -0.15) is 0 Å². The zero-order valence-electron chi connectivity index (χ0n) is 6.34. The Balaban J connectivity index is 2.16. The number of Topliss-reactive ketones (excluding diaryl/α,β-unsaturated/α-hetero) is 1. The van der Waals surface area contributed by atoms with Crippen LogP contribution in [0, 0.1) is 0 Å². The number of ketones is 1. The Hall–Kier alpha value is -0.370. The number of nitrogens with zero attached hydrogens (tertiary/aromatic N) is 1. The van der Waals surface area contributed by atoms with E-state index in [1.165, 1.54) is 12.8 Å². The van der Waals surface area contributed by atoms with Gasteiger partial charge in [-0.3, -0.25) is 9.69 Å². The average molecular weight is 139 g/mol. The van der Waals surface area contributed by atoms with Crippen LogP contribution in [0.2, 0.25) is 0 Å². The summed E-state index contributed by atoms with van der Waals surface area (Å²) in [5.41, 5.74) is 0. The van der Waals surface area contributed by atoms with E-state index < -0.39 is 0 Å². The van der Waals surface area contributed by atoms with Crippen molar-refractivity contribution in [1.29, 1.82) is 0 Å². The summed E-state index contributed by atoms with van der Waals surface area (Å²) in [7, 11) is 2.15. The molecule has 0 radical (unpaired) electrons. The van der Waals surface area contributed by atoms with E-state index in [1.807, 2.05) is 0 Å². The van der Waals surface area contributed by atoms with Crippen LogP contribution >= 0.6 is 0 Å². The molecule has 2 saturated heterocycles. The molecule has 2 heteroatoms. The SMILES string of the molecule is CN1[C@H]2CC[C@H]1CC(=O)C2. The summed E-state index contributed by atoms with van der Waals surface area (Å²) in [5, 5.41) is 0.